The Bertz CT molecular complexity index is 661. The highest BCUT2D eigenvalue weighted by atomic mass is 32.2. The molecule has 2 saturated heterocycles. The molecule has 0 amide bonds. The molecule has 1 N–H and O–H groups in total. The van der Waals surface area contributed by atoms with Gasteiger partial charge in [0.1, 0.15) is 0 Å². The van der Waals surface area contributed by atoms with Gasteiger partial charge in [0.15, 0.2) is 9.84 Å². The first-order valence-corrected chi connectivity index (χ1v) is 11.0. The van der Waals surface area contributed by atoms with Crippen LogP contribution in [0.5, 0.6) is 0 Å². The molecule has 1 aliphatic carbocycles. The third kappa shape index (κ3) is 3.39. The van der Waals surface area contributed by atoms with Crippen molar-refractivity contribution in [2.24, 2.45) is 11.8 Å². The Labute approximate surface area is 145 Å². The molecule has 1 saturated carbocycles. The molecule has 2 aliphatic heterocycles. The molecule has 1 aromatic carbocycles. The van der Waals surface area contributed by atoms with Gasteiger partial charge in [-0.05, 0) is 43.1 Å². The van der Waals surface area contributed by atoms with E-state index in [4.69, 9.17) is 0 Å². The lowest BCUT2D eigenvalue weighted by molar-refractivity contribution is 0.289. The standard InChI is InChI=1S/C19H28N2O2S/c22-24(23)10-4-7-17(24)11-20-19-9-8-16-13-21(14-18(16)19)12-15-5-2-1-3-6-15/h1-3,5-6,16-20H,4,7-14H2/t16-,17+,18-,19+/m0/s1. The smallest absolute Gasteiger partial charge is 0.154 e. The summed E-state index contributed by atoms with van der Waals surface area (Å²) in [4.78, 5) is 2.57. The number of benzene rings is 1. The van der Waals surface area contributed by atoms with Crippen LogP contribution in [0.2, 0.25) is 0 Å². The van der Waals surface area contributed by atoms with E-state index in [-0.39, 0.29) is 5.25 Å². The molecular weight excluding hydrogens is 320 g/mol. The van der Waals surface area contributed by atoms with Gasteiger partial charge in [-0.3, -0.25) is 4.90 Å². The summed E-state index contributed by atoms with van der Waals surface area (Å²) in [6.45, 7) is 4.04. The van der Waals surface area contributed by atoms with Crippen LogP contribution in [0.15, 0.2) is 30.3 Å². The molecule has 0 unspecified atom stereocenters. The van der Waals surface area contributed by atoms with Gasteiger partial charge in [0.2, 0.25) is 0 Å². The first kappa shape index (κ1) is 16.6. The van der Waals surface area contributed by atoms with E-state index in [1.54, 1.807) is 0 Å². The Morgan fingerprint density at radius 2 is 1.92 bits per heavy atom. The highest BCUT2D eigenvalue weighted by Gasteiger charge is 2.43. The summed E-state index contributed by atoms with van der Waals surface area (Å²) in [7, 11) is -2.83. The maximum Gasteiger partial charge on any atom is 0.154 e. The number of nitrogens with one attached hydrogen (secondary N) is 1. The highest BCUT2D eigenvalue weighted by molar-refractivity contribution is 7.92. The molecule has 4 atom stereocenters. The second-order valence-electron chi connectivity index (χ2n) is 7.83. The SMILES string of the molecule is O=S1(=O)CCC[C@@H]1CN[C@@H]1CC[C@H]2CN(Cc3ccccc3)C[C@@H]21. The van der Waals surface area contributed by atoms with Crippen molar-refractivity contribution in [3.63, 3.8) is 0 Å². The molecule has 4 rings (SSSR count). The monoisotopic (exact) mass is 348 g/mol. The molecule has 1 aromatic rings. The van der Waals surface area contributed by atoms with Gasteiger partial charge in [0.05, 0.1) is 11.0 Å². The van der Waals surface area contributed by atoms with Crippen LogP contribution in [0.1, 0.15) is 31.2 Å². The summed E-state index contributed by atoms with van der Waals surface area (Å²) in [5, 5.41) is 3.49. The molecule has 4 nitrogen and oxygen atoms in total. The molecule has 0 bridgehead atoms. The molecule has 0 spiro atoms. The fourth-order valence-corrected chi connectivity index (χ4v) is 6.73. The number of nitrogens with zero attached hydrogens (tertiary/aromatic N) is 1. The first-order chi connectivity index (χ1) is 11.6. The molecule has 0 radical (unpaired) electrons. The van der Waals surface area contributed by atoms with E-state index in [9.17, 15) is 8.42 Å². The van der Waals surface area contributed by atoms with Crippen LogP contribution >= 0.6 is 0 Å². The van der Waals surface area contributed by atoms with Gasteiger partial charge in [-0.25, -0.2) is 8.42 Å². The number of hydrogen-bond acceptors (Lipinski definition) is 4. The quantitative estimate of drug-likeness (QED) is 0.885. The summed E-state index contributed by atoms with van der Waals surface area (Å²) in [5.74, 6) is 1.87. The van der Waals surface area contributed by atoms with E-state index in [1.807, 2.05) is 0 Å². The largest absolute Gasteiger partial charge is 0.312 e. The normalized spacial score (nSPS) is 35.3. The Kier molecular flexibility index (Phi) is 4.67. The summed E-state index contributed by atoms with van der Waals surface area (Å²) < 4.78 is 24.0. The van der Waals surface area contributed by atoms with Crippen LogP contribution in [-0.2, 0) is 16.4 Å². The van der Waals surface area contributed by atoms with Crippen LogP contribution in [0.25, 0.3) is 0 Å². The average Bonchev–Trinajstić information content (AvgIpc) is 3.21. The number of fused-ring (bicyclic) bond motifs is 1. The van der Waals surface area contributed by atoms with Crippen molar-refractivity contribution in [2.45, 2.75) is 43.5 Å². The zero-order valence-electron chi connectivity index (χ0n) is 14.2. The summed E-state index contributed by atoms with van der Waals surface area (Å²) in [6.07, 6.45) is 4.18. The number of sulfone groups is 1. The number of hydrogen-bond donors (Lipinski definition) is 1. The molecular formula is C19H28N2O2S. The average molecular weight is 349 g/mol. The van der Waals surface area contributed by atoms with Gasteiger partial charge in [0, 0.05) is 32.2 Å². The maximum atomic E-state index is 12.0. The minimum atomic E-state index is -2.83. The predicted molar refractivity (Wildman–Crippen MR) is 96.5 cm³/mol. The predicted octanol–water partition coefficient (Wildman–Crippen LogP) is 2.06. The molecule has 5 heteroatoms. The van der Waals surface area contributed by atoms with Crippen molar-refractivity contribution in [2.75, 3.05) is 25.4 Å². The van der Waals surface area contributed by atoms with E-state index in [0.29, 0.717) is 24.3 Å². The van der Waals surface area contributed by atoms with E-state index in [1.165, 1.54) is 24.9 Å². The fourth-order valence-electron chi connectivity index (χ4n) is 4.95. The lowest BCUT2D eigenvalue weighted by Crippen LogP contribution is -2.41. The van der Waals surface area contributed by atoms with Crippen LogP contribution in [-0.4, -0.2) is 50.0 Å². The van der Waals surface area contributed by atoms with Gasteiger partial charge in [-0.1, -0.05) is 30.3 Å². The topological polar surface area (TPSA) is 49.4 Å². The molecule has 3 fully saturated rings. The van der Waals surface area contributed by atoms with Gasteiger partial charge in [-0.15, -0.1) is 0 Å². The Balaban J connectivity index is 1.31. The Morgan fingerprint density at radius 3 is 2.67 bits per heavy atom. The summed E-state index contributed by atoms with van der Waals surface area (Å²) in [5.41, 5.74) is 1.39. The van der Waals surface area contributed by atoms with E-state index in [2.05, 4.69) is 40.5 Å². The number of likely N-dealkylation sites (tertiary alicyclic amines) is 1. The second kappa shape index (κ2) is 6.77. The van der Waals surface area contributed by atoms with Crippen molar-refractivity contribution in [3.8, 4) is 0 Å². The second-order valence-corrected chi connectivity index (χ2v) is 10.2. The van der Waals surface area contributed by atoms with Crippen LogP contribution < -0.4 is 5.32 Å². The molecule has 0 aromatic heterocycles. The van der Waals surface area contributed by atoms with Gasteiger partial charge >= 0.3 is 0 Å². The first-order valence-electron chi connectivity index (χ1n) is 9.33. The van der Waals surface area contributed by atoms with Crippen molar-refractivity contribution < 1.29 is 8.42 Å². The minimum absolute atomic E-state index is 0.140. The van der Waals surface area contributed by atoms with Gasteiger partial charge in [-0.2, -0.15) is 0 Å². The minimum Gasteiger partial charge on any atom is -0.312 e. The summed E-state index contributed by atoms with van der Waals surface area (Å²) in [6, 6.07) is 11.2. The molecule has 3 aliphatic rings. The summed E-state index contributed by atoms with van der Waals surface area (Å²) >= 11 is 0. The fraction of sp³-hybridized carbons (Fsp3) is 0.684. The molecule has 2 heterocycles. The van der Waals surface area contributed by atoms with Crippen LogP contribution in [0.3, 0.4) is 0 Å². The van der Waals surface area contributed by atoms with Crippen molar-refractivity contribution in [3.05, 3.63) is 35.9 Å². The Hall–Kier alpha value is -0.910. The maximum absolute atomic E-state index is 12.0. The highest BCUT2D eigenvalue weighted by Crippen LogP contribution is 2.38. The molecule has 24 heavy (non-hydrogen) atoms. The Morgan fingerprint density at radius 1 is 1.08 bits per heavy atom. The zero-order chi connectivity index (χ0) is 16.6. The lowest BCUT2D eigenvalue weighted by Gasteiger charge is -2.23. The van der Waals surface area contributed by atoms with E-state index < -0.39 is 9.84 Å². The van der Waals surface area contributed by atoms with Gasteiger partial charge < -0.3 is 5.32 Å². The van der Waals surface area contributed by atoms with Crippen molar-refractivity contribution in [1.82, 2.24) is 10.2 Å². The van der Waals surface area contributed by atoms with Crippen LogP contribution in [0, 0.1) is 11.8 Å². The number of rotatable bonds is 5. The van der Waals surface area contributed by atoms with Crippen molar-refractivity contribution in [1.29, 1.82) is 0 Å². The zero-order valence-corrected chi connectivity index (χ0v) is 15.0. The lowest BCUT2D eigenvalue weighted by atomic mass is 9.98. The third-order valence-corrected chi connectivity index (χ3v) is 8.53. The third-order valence-electron chi connectivity index (χ3n) is 6.25. The van der Waals surface area contributed by atoms with E-state index >= 15 is 0 Å². The van der Waals surface area contributed by atoms with E-state index in [0.717, 1.165) is 31.8 Å². The van der Waals surface area contributed by atoms with Crippen molar-refractivity contribution >= 4 is 9.84 Å². The van der Waals surface area contributed by atoms with Crippen LogP contribution in [0.4, 0.5) is 0 Å². The molecule has 132 valence electrons. The van der Waals surface area contributed by atoms with Gasteiger partial charge in [0.25, 0.3) is 0 Å².